The van der Waals surface area contributed by atoms with Crippen molar-refractivity contribution in [2.45, 2.75) is 33.2 Å². The number of hydrogen-bond acceptors (Lipinski definition) is 4. The minimum absolute atomic E-state index is 0.0506. The molecule has 0 aliphatic rings. The lowest BCUT2D eigenvalue weighted by atomic mass is 10.3. The quantitative estimate of drug-likeness (QED) is 0.627. The second-order valence-corrected chi connectivity index (χ2v) is 5.39. The van der Waals surface area contributed by atoms with E-state index in [0.29, 0.717) is 13.0 Å². The van der Waals surface area contributed by atoms with E-state index in [9.17, 15) is 14.4 Å². The van der Waals surface area contributed by atoms with Gasteiger partial charge < -0.3 is 10.2 Å². The number of allylic oxidation sites excluding steroid dienone is 1. The minimum Gasteiger partial charge on any atom is -0.352 e. The Hall–Kier alpha value is -1.69. The molecule has 0 aliphatic heterocycles. The summed E-state index contributed by atoms with van der Waals surface area (Å²) in [6.07, 6.45) is 3.75. The smallest absolute Gasteiger partial charge is 0.239 e. The van der Waals surface area contributed by atoms with Crippen molar-refractivity contribution in [2.75, 3.05) is 33.7 Å². The van der Waals surface area contributed by atoms with Crippen LogP contribution in [0.5, 0.6) is 0 Å². The fourth-order valence-electron chi connectivity index (χ4n) is 1.57. The molecule has 0 radical (unpaired) electrons. The summed E-state index contributed by atoms with van der Waals surface area (Å²) in [6.45, 7) is 6.32. The first-order valence-electron chi connectivity index (χ1n) is 7.17. The second kappa shape index (κ2) is 10.1. The topological polar surface area (TPSA) is 69.7 Å². The predicted molar refractivity (Wildman–Crippen MR) is 82.9 cm³/mol. The summed E-state index contributed by atoms with van der Waals surface area (Å²) in [4.78, 5) is 37.8. The molecule has 0 fully saturated rings. The van der Waals surface area contributed by atoms with Crippen LogP contribution in [0.1, 0.15) is 27.2 Å². The molecule has 0 atom stereocenters. The Morgan fingerprint density at radius 3 is 2.29 bits per heavy atom. The van der Waals surface area contributed by atoms with Crippen LogP contribution in [0.2, 0.25) is 0 Å². The van der Waals surface area contributed by atoms with Crippen LogP contribution in [0, 0.1) is 0 Å². The number of rotatable bonds is 9. The van der Waals surface area contributed by atoms with Crippen LogP contribution < -0.4 is 5.32 Å². The lowest BCUT2D eigenvalue weighted by molar-refractivity contribution is -0.135. The zero-order valence-corrected chi connectivity index (χ0v) is 13.7. The van der Waals surface area contributed by atoms with E-state index in [0.717, 1.165) is 0 Å². The molecule has 0 bridgehead atoms. The van der Waals surface area contributed by atoms with Gasteiger partial charge in [0.1, 0.15) is 0 Å². The van der Waals surface area contributed by atoms with Gasteiger partial charge >= 0.3 is 0 Å². The predicted octanol–water partition coefficient (Wildman–Crippen LogP) is 0.437. The van der Waals surface area contributed by atoms with Crippen LogP contribution in [0.25, 0.3) is 0 Å². The first-order valence-corrected chi connectivity index (χ1v) is 7.17. The third-order valence-corrected chi connectivity index (χ3v) is 2.73. The van der Waals surface area contributed by atoms with Crippen molar-refractivity contribution in [2.24, 2.45) is 0 Å². The molecule has 0 rings (SSSR count). The molecular formula is C15H27N3O3. The summed E-state index contributed by atoms with van der Waals surface area (Å²) in [5, 5.41) is 2.74. The Bertz CT molecular complexity index is 392. The van der Waals surface area contributed by atoms with E-state index in [1.54, 1.807) is 32.0 Å². The SMILES string of the molecule is CCC(=O)/C=C/CN(C)CC(=O)N(C)CC(=O)NC(C)C. The van der Waals surface area contributed by atoms with Crippen molar-refractivity contribution in [3.8, 4) is 0 Å². The zero-order chi connectivity index (χ0) is 16.4. The molecule has 0 heterocycles. The maximum absolute atomic E-state index is 11.9. The highest BCUT2D eigenvalue weighted by Gasteiger charge is 2.14. The molecule has 0 saturated carbocycles. The molecule has 120 valence electrons. The van der Waals surface area contributed by atoms with Crippen LogP contribution >= 0.6 is 0 Å². The molecule has 6 nitrogen and oxygen atoms in total. The highest BCUT2D eigenvalue weighted by Crippen LogP contribution is 1.92. The van der Waals surface area contributed by atoms with Crippen LogP contribution in [-0.4, -0.2) is 67.2 Å². The molecule has 6 heteroatoms. The number of nitrogens with zero attached hydrogens (tertiary/aromatic N) is 2. The number of carbonyl (C=O) groups is 3. The van der Waals surface area contributed by atoms with Crippen molar-refractivity contribution in [1.82, 2.24) is 15.1 Å². The van der Waals surface area contributed by atoms with Crippen molar-refractivity contribution in [1.29, 1.82) is 0 Å². The Kier molecular flexibility index (Phi) is 9.28. The molecular weight excluding hydrogens is 270 g/mol. The van der Waals surface area contributed by atoms with Crippen molar-refractivity contribution in [3.63, 3.8) is 0 Å². The Labute approximate surface area is 127 Å². The number of carbonyl (C=O) groups excluding carboxylic acids is 3. The summed E-state index contributed by atoms with van der Waals surface area (Å²) in [7, 11) is 3.40. The summed E-state index contributed by atoms with van der Waals surface area (Å²) in [6, 6.07) is 0.0601. The van der Waals surface area contributed by atoms with Gasteiger partial charge in [-0.2, -0.15) is 0 Å². The van der Waals surface area contributed by atoms with Gasteiger partial charge in [0.2, 0.25) is 11.8 Å². The van der Waals surface area contributed by atoms with Gasteiger partial charge in [-0.3, -0.25) is 19.3 Å². The standard InChI is InChI=1S/C15H27N3O3/c1-6-13(19)8-7-9-17(4)11-15(21)18(5)10-14(20)16-12(2)3/h7-8,12H,6,9-11H2,1-5H3,(H,16,20)/b8-7+. The molecule has 1 N–H and O–H groups in total. The van der Waals surface area contributed by atoms with E-state index in [1.807, 2.05) is 13.8 Å². The van der Waals surface area contributed by atoms with Crippen LogP contribution in [0.3, 0.4) is 0 Å². The van der Waals surface area contributed by atoms with E-state index in [4.69, 9.17) is 0 Å². The van der Waals surface area contributed by atoms with Crippen molar-refractivity contribution < 1.29 is 14.4 Å². The number of likely N-dealkylation sites (N-methyl/N-ethyl adjacent to an activating group) is 2. The molecule has 0 aromatic carbocycles. The van der Waals surface area contributed by atoms with Gasteiger partial charge in [-0.25, -0.2) is 0 Å². The third kappa shape index (κ3) is 9.79. The highest BCUT2D eigenvalue weighted by atomic mass is 16.2. The first-order chi connectivity index (χ1) is 9.76. The largest absolute Gasteiger partial charge is 0.352 e. The van der Waals surface area contributed by atoms with Gasteiger partial charge in [0.25, 0.3) is 0 Å². The van der Waals surface area contributed by atoms with Gasteiger partial charge in [-0.1, -0.05) is 13.0 Å². The van der Waals surface area contributed by atoms with Gasteiger partial charge in [0, 0.05) is 26.1 Å². The third-order valence-electron chi connectivity index (χ3n) is 2.73. The Morgan fingerprint density at radius 1 is 1.14 bits per heavy atom. The van der Waals surface area contributed by atoms with E-state index >= 15 is 0 Å². The van der Waals surface area contributed by atoms with E-state index in [-0.39, 0.29) is 36.7 Å². The molecule has 0 spiro atoms. The number of hydrogen-bond donors (Lipinski definition) is 1. The summed E-state index contributed by atoms with van der Waals surface area (Å²) in [5.74, 6) is -0.235. The van der Waals surface area contributed by atoms with Crippen molar-refractivity contribution in [3.05, 3.63) is 12.2 Å². The van der Waals surface area contributed by atoms with Gasteiger partial charge in [-0.05, 0) is 27.0 Å². The lowest BCUT2D eigenvalue weighted by Gasteiger charge is -2.21. The summed E-state index contributed by atoms with van der Waals surface area (Å²) >= 11 is 0. The maximum Gasteiger partial charge on any atom is 0.239 e. The summed E-state index contributed by atoms with van der Waals surface area (Å²) < 4.78 is 0. The van der Waals surface area contributed by atoms with Crippen LogP contribution in [0.4, 0.5) is 0 Å². The first kappa shape index (κ1) is 19.3. The maximum atomic E-state index is 11.9. The Morgan fingerprint density at radius 2 is 1.76 bits per heavy atom. The highest BCUT2D eigenvalue weighted by molar-refractivity contribution is 5.89. The fraction of sp³-hybridized carbons (Fsp3) is 0.667. The van der Waals surface area contributed by atoms with Crippen LogP contribution in [0.15, 0.2) is 12.2 Å². The Balaban J connectivity index is 4.13. The molecule has 0 unspecified atom stereocenters. The minimum atomic E-state index is -0.169. The van der Waals surface area contributed by atoms with E-state index in [1.165, 1.54) is 11.0 Å². The van der Waals surface area contributed by atoms with E-state index in [2.05, 4.69) is 5.32 Å². The lowest BCUT2D eigenvalue weighted by Crippen LogP contribution is -2.43. The average molecular weight is 297 g/mol. The monoisotopic (exact) mass is 297 g/mol. The number of ketones is 1. The molecule has 0 aliphatic carbocycles. The number of nitrogens with one attached hydrogen (secondary N) is 1. The van der Waals surface area contributed by atoms with E-state index < -0.39 is 0 Å². The summed E-state index contributed by atoms with van der Waals surface area (Å²) in [5.41, 5.74) is 0. The molecule has 0 aromatic rings. The second-order valence-electron chi connectivity index (χ2n) is 5.39. The van der Waals surface area contributed by atoms with Gasteiger partial charge in [0.15, 0.2) is 5.78 Å². The fourth-order valence-corrected chi connectivity index (χ4v) is 1.57. The van der Waals surface area contributed by atoms with Gasteiger partial charge in [-0.15, -0.1) is 0 Å². The van der Waals surface area contributed by atoms with Crippen LogP contribution in [-0.2, 0) is 14.4 Å². The zero-order valence-electron chi connectivity index (χ0n) is 13.7. The number of amides is 2. The van der Waals surface area contributed by atoms with Gasteiger partial charge in [0.05, 0.1) is 13.1 Å². The molecule has 2 amide bonds. The van der Waals surface area contributed by atoms with Crippen molar-refractivity contribution >= 4 is 17.6 Å². The molecule has 0 saturated heterocycles. The molecule has 0 aromatic heterocycles. The normalized spacial score (nSPS) is 11.2. The average Bonchev–Trinajstić information content (AvgIpc) is 2.36. The molecule has 21 heavy (non-hydrogen) atoms.